The number of benzene rings is 1. The molecule has 5 aliphatic rings. The van der Waals surface area contributed by atoms with Crippen molar-refractivity contribution in [1.82, 2.24) is 0 Å². The standard InChI is InChI=1S/C41H57N2/c1-8-10-12-14-16-31-19-22-42-23-20-32-27-33-21-24-43-37-18-17-30(15-13-11-9-2)26-36(37)41(6,7)39(43)35(33)28-34(32)38(42)40(4,5)29(3)25-31/h17-19,22,25-26,28,32-33H,3,8-16,20-21,23-24,27H2,1-2,4-7H3/q+1/b22-19-,31-25-. The Labute approximate surface area is 263 Å². The van der Waals surface area contributed by atoms with Gasteiger partial charge >= 0.3 is 0 Å². The maximum Gasteiger partial charge on any atom is 0.194 e. The van der Waals surface area contributed by atoms with Gasteiger partial charge in [-0.25, -0.2) is 4.58 Å². The Bertz CT molecular complexity index is 1420. The molecule has 43 heavy (non-hydrogen) atoms. The first-order valence-corrected chi connectivity index (χ1v) is 17.8. The lowest BCUT2D eigenvalue weighted by atomic mass is 9.64. The lowest BCUT2D eigenvalue weighted by molar-refractivity contribution is -0.466. The Morgan fingerprint density at radius 2 is 1.65 bits per heavy atom. The first-order valence-electron chi connectivity index (χ1n) is 17.8. The van der Waals surface area contributed by atoms with Gasteiger partial charge in [0.1, 0.15) is 6.54 Å². The fourth-order valence-corrected chi connectivity index (χ4v) is 8.89. The van der Waals surface area contributed by atoms with E-state index < -0.39 is 0 Å². The van der Waals surface area contributed by atoms with Gasteiger partial charge in [-0.1, -0.05) is 84.6 Å². The number of hydrogen-bond acceptors (Lipinski definition) is 1. The minimum atomic E-state index is -0.0993. The summed E-state index contributed by atoms with van der Waals surface area (Å²) in [5.74, 6) is 1.33. The molecule has 0 aromatic heterocycles. The summed E-state index contributed by atoms with van der Waals surface area (Å²) < 4.78 is 2.61. The molecule has 1 aromatic carbocycles. The summed E-state index contributed by atoms with van der Waals surface area (Å²) in [7, 11) is 0. The van der Waals surface area contributed by atoms with Crippen molar-refractivity contribution >= 4 is 11.4 Å². The zero-order valence-corrected chi connectivity index (χ0v) is 28.2. The third kappa shape index (κ3) is 5.46. The third-order valence-corrected chi connectivity index (χ3v) is 11.5. The van der Waals surface area contributed by atoms with Crippen LogP contribution in [-0.2, 0) is 11.8 Å². The number of fused-ring (bicyclic) bond motifs is 6. The van der Waals surface area contributed by atoms with Crippen LogP contribution in [0.5, 0.6) is 0 Å². The zero-order chi connectivity index (χ0) is 30.4. The van der Waals surface area contributed by atoms with E-state index in [1.54, 1.807) is 22.4 Å². The molecule has 0 bridgehead atoms. The summed E-state index contributed by atoms with van der Waals surface area (Å²) in [6, 6.07) is 7.41. The minimum absolute atomic E-state index is 0.0301. The van der Waals surface area contributed by atoms with Crippen LogP contribution in [0.4, 0.5) is 5.69 Å². The highest BCUT2D eigenvalue weighted by molar-refractivity contribution is 6.04. The van der Waals surface area contributed by atoms with Crippen molar-refractivity contribution in [3.63, 3.8) is 0 Å². The van der Waals surface area contributed by atoms with Crippen LogP contribution < -0.4 is 4.90 Å². The average Bonchev–Trinajstić information content (AvgIpc) is 3.22. The average molecular weight is 578 g/mol. The number of rotatable bonds is 9. The van der Waals surface area contributed by atoms with E-state index in [-0.39, 0.29) is 10.8 Å². The number of anilines is 1. The highest BCUT2D eigenvalue weighted by Gasteiger charge is 2.50. The van der Waals surface area contributed by atoms with Crippen LogP contribution in [0.25, 0.3) is 0 Å². The molecule has 4 aliphatic heterocycles. The van der Waals surface area contributed by atoms with Crippen molar-refractivity contribution in [2.75, 3.05) is 18.0 Å². The van der Waals surface area contributed by atoms with Crippen LogP contribution in [0.3, 0.4) is 0 Å². The molecule has 0 amide bonds. The van der Waals surface area contributed by atoms with Crippen molar-refractivity contribution in [2.24, 2.45) is 17.3 Å². The molecule has 0 radical (unpaired) electrons. The van der Waals surface area contributed by atoms with Gasteiger partial charge in [-0.15, -0.1) is 0 Å². The summed E-state index contributed by atoms with van der Waals surface area (Å²) >= 11 is 0. The van der Waals surface area contributed by atoms with Gasteiger partial charge < -0.3 is 4.90 Å². The van der Waals surface area contributed by atoms with Crippen LogP contribution in [0, 0.1) is 17.3 Å². The second kappa shape index (κ2) is 12.1. The topological polar surface area (TPSA) is 6.25 Å². The van der Waals surface area contributed by atoms with Gasteiger partial charge in [0.25, 0.3) is 0 Å². The fourth-order valence-electron chi connectivity index (χ4n) is 8.89. The quantitative estimate of drug-likeness (QED) is 0.209. The van der Waals surface area contributed by atoms with Gasteiger partial charge in [-0.05, 0) is 104 Å². The monoisotopic (exact) mass is 577 g/mol. The van der Waals surface area contributed by atoms with Crippen LogP contribution in [0.1, 0.15) is 123 Å². The van der Waals surface area contributed by atoms with Crippen LogP contribution in [-0.4, -0.2) is 23.4 Å². The lowest BCUT2D eigenvalue weighted by Gasteiger charge is -2.43. The van der Waals surface area contributed by atoms with Crippen molar-refractivity contribution in [3.05, 3.63) is 88.3 Å². The van der Waals surface area contributed by atoms with Gasteiger partial charge in [-0.2, -0.15) is 0 Å². The molecule has 6 rings (SSSR count). The highest BCUT2D eigenvalue weighted by atomic mass is 15.2. The molecule has 0 spiro atoms. The molecule has 4 heterocycles. The summed E-state index contributed by atoms with van der Waals surface area (Å²) in [4.78, 5) is 2.70. The van der Waals surface area contributed by atoms with Crippen LogP contribution >= 0.6 is 0 Å². The predicted molar refractivity (Wildman–Crippen MR) is 185 cm³/mol. The number of nitrogens with zero attached hydrogens (tertiary/aromatic N) is 2. The Kier molecular flexibility index (Phi) is 8.53. The molecule has 2 atom stereocenters. The summed E-state index contributed by atoms with van der Waals surface area (Å²) in [6.45, 7) is 21.4. The van der Waals surface area contributed by atoms with Crippen molar-refractivity contribution < 1.29 is 4.58 Å². The van der Waals surface area contributed by atoms with Crippen molar-refractivity contribution in [1.29, 1.82) is 0 Å². The predicted octanol–water partition coefficient (Wildman–Crippen LogP) is 10.6. The second-order valence-electron chi connectivity index (χ2n) is 15.2. The Morgan fingerprint density at radius 1 is 0.884 bits per heavy atom. The summed E-state index contributed by atoms with van der Waals surface area (Å²) in [5.41, 5.74) is 13.5. The van der Waals surface area contributed by atoms with Gasteiger partial charge in [0.05, 0.1) is 5.41 Å². The first kappa shape index (κ1) is 30.4. The Morgan fingerprint density at radius 3 is 2.44 bits per heavy atom. The van der Waals surface area contributed by atoms with E-state index >= 15 is 0 Å². The van der Waals surface area contributed by atoms with Gasteiger partial charge in [0.15, 0.2) is 11.9 Å². The fraction of sp³-hybridized carbons (Fsp3) is 0.585. The van der Waals surface area contributed by atoms with Gasteiger partial charge in [0.2, 0.25) is 0 Å². The van der Waals surface area contributed by atoms with Gasteiger partial charge in [0, 0.05) is 41.4 Å². The van der Waals surface area contributed by atoms with Crippen molar-refractivity contribution in [2.45, 2.75) is 124 Å². The number of hydrogen-bond donors (Lipinski definition) is 0. The van der Waals surface area contributed by atoms with E-state index in [0.717, 1.165) is 19.5 Å². The smallest absolute Gasteiger partial charge is 0.194 e. The Balaban J connectivity index is 1.39. The normalized spacial score (nSPS) is 27.2. The molecule has 1 aliphatic carbocycles. The summed E-state index contributed by atoms with van der Waals surface area (Å²) in [6.07, 6.45) is 25.2. The second-order valence-corrected chi connectivity index (χ2v) is 15.2. The number of allylic oxidation sites excluding steroid dienone is 8. The van der Waals surface area contributed by atoms with E-state index in [9.17, 15) is 0 Å². The van der Waals surface area contributed by atoms with Crippen LogP contribution in [0.2, 0.25) is 0 Å². The van der Waals surface area contributed by atoms with E-state index in [1.807, 2.05) is 0 Å². The molecule has 2 heteroatoms. The Hall–Kier alpha value is -2.61. The molecule has 230 valence electrons. The van der Waals surface area contributed by atoms with Gasteiger partial charge in [-0.3, -0.25) is 0 Å². The molecule has 0 N–H and O–H groups in total. The molecule has 2 nitrogen and oxygen atoms in total. The SMILES string of the molecule is C=C1/C=C(CCCCCC)\C=C/[N+]2=C(C3=CC4=C5N(CCC4CC3CC2)c2ccc(CCCCC)cc2C5(C)C)C1(C)C. The summed E-state index contributed by atoms with van der Waals surface area (Å²) in [5, 5.41) is 0. The molecular formula is C41H57N2+. The minimum Gasteiger partial charge on any atom is -0.344 e. The lowest BCUT2D eigenvalue weighted by Crippen LogP contribution is -2.44. The number of aryl methyl sites for hydroxylation is 1. The maximum absolute atomic E-state index is 4.71. The van der Waals surface area contributed by atoms with E-state index in [4.69, 9.17) is 6.58 Å². The zero-order valence-electron chi connectivity index (χ0n) is 28.2. The molecule has 2 unspecified atom stereocenters. The maximum atomic E-state index is 4.71. The van der Waals surface area contributed by atoms with E-state index in [2.05, 4.69) is 93.6 Å². The molecular weight excluding hydrogens is 520 g/mol. The van der Waals surface area contributed by atoms with Crippen LogP contribution in [0.15, 0.2) is 77.2 Å². The molecule has 0 saturated carbocycles. The largest absolute Gasteiger partial charge is 0.344 e. The first-order chi connectivity index (χ1) is 20.7. The number of unbranched alkanes of at least 4 members (excludes halogenated alkanes) is 5. The highest BCUT2D eigenvalue weighted by Crippen LogP contribution is 2.55. The molecule has 0 fully saturated rings. The van der Waals surface area contributed by atoms with E-state index in [0.29, 0.717) is 11.8 Å². The van der Waals surface area contributed by atoms with Crippen molar-refractivity contribution in [3.8, 4) is 0 Å². The molecule has 1 aromatic rings. The molecule has 0 saturated heterocycles. The third-order valence-electron chi connectivity index (χ3n) is 11.5. The van der Waals surface area contributed by atoms with E-state index in [1.165, 1.54) is 98.7 Å².